The van der Waals surface area contributed by atoms with Gasteiger partial charge >= 0.3 is 6.09 Å². The number of hydrogen-bond acceptors (Lipinski definition) is 7. The molecule has 10 heteroatoms. The zero-order valence-corrected chi connectivity index (χ0v) is 14.6. The lowest BCUT2D eigenvalue weighted by Crippen LogP contribution is -2.47. The standard InChI is InChI=1S/C14H26N4O6/c1-13(2,3)24-12(21)16-6-8(17-18-15)10-11(9(20)7-19)23-14(4,5)22-10/h8-11,19-20H,6-7H2,1-5H3,(H,16,21)/t8-,9-,10-,11-/m1/s1. The van der Waals surface area contributed by atoms with Gasteiger partial charge in [0.15, 0.2) is 5.79 Å². The van der Waals surface area contributed by atoms with E-state index in [0.29, 0.717) is 0 Å². The molecule has 0 spiro atoms. The summed E-state index contributed by atoms with van der Waals surface area (Å²) >= 11 is 0. The molecule has 1 saturated heterocycles. The van der Waals surface area contributed by atoms with E-state index in [-0.39, 0.29) is 6.54 Å². The number of rotatable bonds is 6. The minimum Gasteiger partial charge on any atom is -0.444 e. The quantitative estimate of drug-likeness (QED) is 0.372. The van der Waals surface area contributed by atoms with E-state index < -0.39 is 48.4 Å². The average Bonchev–Trinajstić information content (AvgIpc) is 2.76. The average molecular weight is 346 g/mol. The van der Waals surface area contributed by atoms with Crippen molar-refractivity contribution >= 4 is 6.09 Å². The molecule has 0 aromatic rings. The Morgan fingerprint density at radius 1 is 1.42 bits per heavy atom. The van der Waals surface area contributed by atoms with Crippen LogP contribution >= 0.6 is 0 Å². The summed E-state index contributed by atoms with van der Waals surface area (Å²) in [6.45, 7) is 7.84. The molecule has 1 rings (SSSR count). The number of hydrogen-bond donors (Lipinski definition) is 3. The van der Waals surface area contributed by atoms with E-state index in [9.17, 15) is 9.90 Å². The fourth-order valence-electron chi connectivity index (χ4n) is 2.31. The molecule has 0 unspecified atom stereocenters. The van der Waals surface area contributed by atoms with E-state index in [4.69, 9.17) is 24.8 Å². The predicted octanol–water partition coefficient (Wildman–Crippen LogP) is 1.06. The molecule has 1 fully saturated rings. The lowest BCUT2D eigenvalue weighted by Gasteiger charge is -2.26. The highest BCUT2D eigenvalue weighted by atomic mass is 16.8. The molecule has 0 aliphatic carbocycles. The van der Waals surface area contributed by atoms with Crippen LogP contribution in [-0.4, -0.2) is 65.2 Å². The predicted molar refractivity (Wildman–Crippen MR) is 84.1 cm³/mol. The first-order valence-corrected chi connectivity index (χ1v) is 7.64. The Balaban J connectivity index is 2.82. The van der Waals surface area contributed by atoms with Gasteiger partial charge in [0.2, 0.25) is 0 Å². The van der Waals surface area contributed by atoms with Crippen LogP contribution in [0.5, 0.6) is 0 Å². The summed E-state index contributed by atoms with van der Waals surface area (Å²) in [6.07, 6.45) is -3.62. The fraction of sp³-hybridized carbons (Fsp3) is 0.929. The molecule has 1 heterocycles. The number of aliphatic hydroxyl groups is 2. The van der Waals surface area contributed by atoms with Crippen molar-refractivity contribution in [3.05, 3.63) is 10.4 Å². The maximum absolute atomic E-state index is 11.8. The first-order chi connectivity index (χ1) is 11.0. The first kappa shape index (κ1) is 20.5. The number of nitrogens with zero attached hydrogens (tertiary/aromatic N) is 3. The Kier molecular flexibility index (Phi) is 6.82. The Morgan fingerprint density at radius 2 is 2.00 bits per heavy atom. The summed E-state index contributed by atoms with van der Waals surface area (Å²) in [5, 5.41) is 25.2. The SMILES string of the molecule is CC(C)(C)OC(=O)NC[C@@H](N=[N+]=[N-])[C@H]1OC(C)(C)O[C@@H]1[C@H](O)CO. The number of nitrogens with one attached hydrogen (secondary N) is 1. The van der Waals surface area contributed by atoms with Crippen LogP contribution in [0.15, 0.2) is 5.11 Å². The van der Waals surface area contributed by atoms with Gasteiger partial charge in [-0.2, -0.15) is 0 Å². The maximum Gasteiger partial charge on any atom is 0.407 e. The smallest absolute Gasteiger partial charge is 0.407 e. The van der Waals surface area contributed by atoms with Crippen molar-refractivity contribution in [3.8, 4) is 0 Å². The number of carbonyl (C=O) groups is 1. The lowest BCUT2D eigenvalue weighted by atomic mass is 10.0. The second-order valence-corrected chi connectivity index (χ2v) is 6.97. The van der Waals surface area contributed by atoms with Crippen LogP contribution in [-0.2, 0) is 14.2 Å². The monoisotopic (exact) mass is 346 g/mol. The molecule has 3 N–H and O–H groups in total. The fourth-order valence-corrected chi connectivity index (χ4v) is 2.31. The van der Waals surface area contributed by atoms with E-state index in [0.717, 1.165) is 0 Å². The van der Waals surface area contributed by atoms with Crippen molar-refractivity contribution in [1.82, 2.24) is 5.32 Å². The number of alkyl carbamates (subject to hydrolysis) is 1. The van der Waals surface area contributed by atoms with Crippen molar-refractivity contribution in [3.63, 3.8) is 0 Å². The molecule has 1 aliphatic rings. The van der Waals surface area contributed by atoms with Crippen LogP contribution in [0, 0.1) is 0 Å². The second-order valence-electron chi connectivity index (χ2n) is 6.97. The van der Waals surface area contributed by atoms with E-state index in [2.05, 4.69) is 15.3 Å². The van der Waals surface area contributed by atoms with Crippen LogP contribution in [0.25, 0.3) is 10.4 Å². The number of carbonyl (C=O) groups excluding carboxylic acids is 1. The van der Waals surface area contributed by atoms with Crippen molar-refractivity contribution in [2.45, 2.75) is 70.4 Å². The molecule has 24 heavy (non-hydrogen) atoms. The molecule has 0 bridgehead atoms. The molecule has 0 saturated carbocycles. The Hall–Kier alpha value is -1.58. The first-order valence-electron chi connectivity index (χ1n) is 7.64. The molecule has 138 valence electrons. The van der Waals surface area contributed by atoms with Crippen LogP contribution < -0.4 is 5.32 Å². The van der Waals surface area contributed by atoms with E-state index in [1.54, 1.807) is 34.6 Å². The molecule has 0 aromatic heterocycles. The summed E-state index contributed by atoms with van der Waals surface area (Å²) < 4.78 is 16.4. The highest BCUT2D eigenvalue weighted by Gasteiger charge is 2.47. The summed E-state index contributed by atoms with van der Waals surface area (Å²) in [6, 6.07) is -0.851. The van der Waals surface area contributed by atoms with Crippen molar-refractivity contribution in [2.75, 3.05) is 13.2 Å². The third kappa shape index (κ3) is 6.14. The number of azide groups is 1. The van der Waals surface area contributed by atoms with Gasteiger partial charge in [-0.25, -0.2) is 4.79 Å². The molecule has 10 nitrogen and oxygen atoms in total. The normalized spacial score (nSPS) is 25.5. The highest BCUT2D eigenvalue weighted by Crippen LogP contribution is 2.32. The van der Waals surface area contributed by atoms with Gasteiger partial charge in [0, 0.05) is 11.5 Å². The van der Waals surface area contributed by atoms with E-state index >= 15 is 0 Å². The van der Waals surface area contributed by atoms with Crippen LogP contribution in [0.2, 0.25) is 0 Å². The largest absolute Gasteiger partial charge is 0.444 e. The van der Waals surface area contributed by atoms with Gasteiger partial charge in [0.05, 0.1) is 18.8 Å². The van der Waals surface area contributed by atoms with Gasteiger partial charge in [0.1, 0.15) is 17.8 Å². The van der Waals surface area contributed by atoms with Crippen LogP contribution in [0.1, 0.15) is 34.6 Å². The maximum atomic E-state index is 11.8. The van der Waals surface area contributed by atoms with E-state index in [1.807, 2.05) is 0 Å². The highest BCUT2D eigenvalue weighted by molar-refractivity contribution is 5.67. The third-order valence-corrected chi connectivity index (χ3v) is 3.16. The number of ether oxygens (including phenoxy) is 3. The molecule has 0 aromatic carbocycles. The minimum atomic E-state index is -1.21. The molecule has 0 radical (unpaired) electrons. The van der Waals surface area contributed by atoms with Crippen LogP contribution in [0.4, 0.5) is 4.79 Å². The van der Waals surface area contributed by atoms with Gasteiger partial charge in [-0.1, -0.05) is 5.11 Å². The lowest BCUT2D eigenvalue weighted by molar-refractivity contribution is -0.158. The van der Waals surface area contributed by atoms with Gasteiger partial charge in [0.25, 0.3) is 0 Å². The summed E-state index contributed by atoms with van der Waals surface area (Å²) in [5.41, 5.74) is 8.10. The Morgan fingerprint density at radius 3 is 2.50 bits per heavy atom. The molecule has 1 aliphatic heterocycles. The van der Waals surface area contributed by atoms with Crippen molar-refractivity contribution in [2.24, 2.45) is 5.11 Å². The third-order valence-electron chi connectivity index (χ3n) is 3.16. The molecular formula is C14H26N4O6. The van der Waals surface area contributed by atoms with E-state index in [1.165, 1.54) is 0 Å². The topological polar surface area (TPSA) is 146 Å². The zero-order chi connectivity index (χ0) is 18.5. The van der Waals surface area contributed by atoms with Gasteiger partial charge in [-0.05, 0) is 40.1 Å². The molecule has 4 atom stereocenters. The van der Waals surface area contributed by atoms with Gasteiger partial charge in [-0.15, -0.1) is 0 Å². The number of aliphatic hydroxyl groups excluding tert-OH is 2. The van der Waals surface area contributed by atoms with Crippen molar-refractivity contribution < 1.29 is 29.2 Å². The summed E-state index contributed by atoms with van der Waals surface area (Å²) in [7, 11) is 0. The van der Waals surface area contributed by atoms with Crippen LogP contribution in [0.3, 0.4) is 0 Å². The summed E-state index contributed by atoms with van der Waals surface area (Å²) in [4.78, 5) is 14.5. The minimum absolute atomic E-state index is 0.0717. The Bertz CT molecular complexity index is 486. The molecule has 1 amide bonds. The second kappa shape index (κ2) is 8.00. The zero-order valence-electron chi connectivity index (χ0n) is 14.6. The van der Waals surface area contributed by atoms with Gasteiger partial charge < -0.3 is 29.7 Å². The van der Waals surface area contributed by atoms with Gasteiger partial charge in [-0.3, -0.25) is 0 Å². The van der Waals surface area contributed by atoms with Crippen molar-refractivity contribution in [1.29, 1.82) is 0 Å². The summed E-state index contributed by atoms with van der Waals surface area (Å²) in [5.74, 6) is -1.03. The Labute approximate surface area is 140 Å². The number of amides is 1. The molecular weight excluding hydrogens is 320 g/mol.